The number of anilines is 2. The van der Waals surface area contributed by atoms with E-state index >= 15 is 0 Å². The van der Waals surface area contributed by atoms with Crippen LogP contribution in [0.3, 0.4) is 0 Å². The monoisotopic (exact) mass is 456 g/mol. The number of carbonyl (C=O) groups excluding carboxylic acids is 3. The van der Waals surface area contributed by atoms with Crippen molar-refractivity contribution in [1.82, 2.24) is 0 Å². The number of furan rings is 1. The first-order valence-corrected chi connectivity index (χ1v) is 11.1. The summed E-state index contributed by atoms with van der Waals surface area (Å²) in [6.07, 6.45) is 1.18. The van der Waals surface area contributed by atoms with E-state index in [0.29, 0.717) is 11.4 Å². The van der Waals surface area contributed by atoms with Crippen molar-refractivity contribution in [3.05, 3.63) is 78.3 Å². The number of rotatable bonds is 8. The van der Waals surface area contributed by atoms with Gasteiger partial charge in [-0.05, 0) is 42.5 Å². The Morgan fingerprint density at radius 3 is 2.16 bits per heavy atom. The fourth-order valence-corrected chi connectivity index (χ4v) is 4.15. The number of hydrogen-bond donors (Lipinski definition) is 2. The number of sulfone groups is 1. The van der Waals surface area contributed by atoms with Gasteiger partial charge in [-0.1, -0.05) is 18.2 Å². The van der Waals surface area contributed by atoms with Gasteiger partial charge in [-0.25, -0.2) is 13.2 Å². The fraction of sp³-hybridized carbons (Fsp3) is 0.136. The molecule has 0 aliphatic rings. The zero-order valence-electron chi connectivity index (χ0n) is 17.0. The van der Waals surface area contributed by atoms with E-state index < -0.39 is 34.1 Å². The molecule has 3 rings (SSSR count). The third-order valence-corrected chi connectivity index (χ3v) is 5.88. The topological polar surface area (TPSA) is 132 Å². The molecule has 0 fully saturated rings. The SMILES string of the molecule is CC(=O)Nc1ccc(NC(=O)COC(=O)c2occc2CS(=O)(=O)c2ccccc2)cc1. The third kappa shape index (κ3) is 6.05. The van der Waals surface area contributed by atoms with Crippen molar-refractivity contribution in [3.8, 4) is 0 Å². The summed E-state index contributed by atoms with van der Waals surface area (Å²) in [7, 11) is -3.70. The summed E-state index contributed by atoms with van der Waals surface area (Å²) in [5.41, 5.74) is 1.14. The van der Waals surface area contributed by atoms with E-state index in [2.05, 4.69) is 10.6 Å². The lowest BCUT2D eigenvalue weighted by atomic mass is 10.2. The second-order valence-electron chi connectivity index (χ2n) is 6.73. The van der Waals surface area contributed by atoms with Crippen LogP contribution in [-0.2, 0) is 29.9 Å². The van der Waals surface area contributed by atoms with Crippen LogP contribution < -0.4 is 10.6 Å². The number of benzene rings is 2. The second kappa shape index (κ2) is 9.92. The van der Waals surface area contributed by atoms with E-state index in [0.717, 1.165) is 0 Å². The molecule has 0 aliphatic heterocycles. The van der Waals surface area contributed by atoms with E-state index in [4.69, 9.17) is 9.15 Å². The standard InChI is InChI=1S/C22H20N2O7S/c1-15(25)23-17-7-9-18(10-8-17)24-20(26)13-31-22(27)21-16(11-12-30-21)14-32(28,29)19-5-3-2-4-6-19/h2-12H,13-14H2,1H3,(H,23,25)(H,24,26). The Morgan fingerprint density at radius 2 is 1.53 bits per heavy atom. The predicted octanol–water partition coefficient (Wildman–Crippen LogP) is 3.01. The highest BCUT2D eigenvalue weighted by Crippen LogP contribution is 2.20. The van der Waals surface area contributed by atoms with Crippen LogP contribution in [0, 0.1) is 0 Å². The van der Waals surface area contributed by atoms with E-state index in [1.807, 2.05) is 0 Å². The minimum Gasteiger partial charge on any atom is -0.457 e. The molecule has 9 nitrogen and oxygen atoms in total. The third-order valence-electron chi connectivity index (χ3n) is 4.20. The molecule has 0 spiro atoms. The summed E-state index contributed by atoms with van der Waals surface area (Å²) < 4.78 is 35.2. The number of carbonyl (C=O) groups is 3. The van der Waals surface area contributed by atoms with Crippen LogP contribution >= 0.6 is 0 Å². The minimum atomic E-state index is -3.70. The molecule has 2 N–H and O–H groups in total. The van der Waals surface area contributed by atoms with Crippen molar-refractivity contribution >= 4 is 39.0 Å². The average molecular weight is 456 g/mol. The van der Waals surface area contributed by atoms with Crippen molar-refractivity contribution in [2.24, 2.45) is 0 Å². The number of hydrogen-bond acceptors (Lipinski definition) is 7. The van der Waals surface area contributed by atoms with Crippen LogP contribution in [-0.4, -0.2) is 32.8 Å². The first kappa shape index (κ1) is 22.8. The Hall–Kier alpha value is -3.92. The summed E-state index contributed by atoms with van der Waals surface area (Å²) in [5.74, 6) is -2.51. The molecule has 3 aromatic rings. The molecule has 10 heteroatoms. The maximum atomic E-state index is 12.5. The predicted molar refractivity (Wildman–Crippen MR) is 116 cm³/mol. The molecule has 166 valence electrons. The molecule has 0 radical (unpaired) electrons. The van der Waals surface area contributed by atoms with Gasteiger partial charge >= 0.3 is 5.97 Å². The molecular weight excluding hydrogens is 436 g/mol. The molecule has 2 amide bonds. The lowest BCUT2D eigenvalue weighted by Gasteiger charge is -2.08. The van der Waals surface area contributed by atoms with Crippen LogP contribution in [0.5, 0.6) is 0 Å². The quantitative estimate of drug-likeness (QED) is 0.498. The molecule has 0 unspecified atom stereocenters. The summed E-state index contributed by atoms with van der Waals surface area (Å²) in [4.78, 5) is 35.5. The zero-order valence-corrected chi connectivity index (χ0v) is 17.8. The van der Waals surface area contributed by atoms with Gasteiger partial charge in [-0.2, -0.15) is 0 Å². The molecule has 0 aliphatic carbocycles. The van der Waals surface area contributed by atoms with Crippen LogP contribution in [0.2, 0.25) is 0 Å². The molecular formula is C22H20N2O7S. The molecule has 32 heavy (non-hydrogen) atoms. The maximum Gasteiger partial charge on any atom is 0.375 e. The van der Waals surface area contributed by atoms with E-state index in [9.17, 15) is 22.8 Å². The maximum absolute atomic E-state index is 12.5. The largest absolute Gasteiger partial charge is 0.457 e. The molecule has 0 saturated carbocycles. The molecule has 2 aromatic carbocycles. The van der Waals surface area contributed by atoms with Crippen LogP contribution in [0.4, 0.5) is 11.4 Å². The first-order valence-electron chi connectivity index (χ1n) is 9.43. The van der Waals surface area contributed by atoms with Gasteiger partial charge in [0.2, 0.25) is 11.7 Å². The summed E-state index contributed by atoms with van der Waals surface area (Å²) >= 11 is 0. The van der Waals surface area contributed by atoms with Crippen molar-refractivity contribution in [3.63, 3.8) is 0 Å². The Kier molecular flexibility index (Phi) is 7.06. The van der Waals surface area contributed by atoms with E-state index in [-0.39, 0.29) is 22.1 Å². The van der Waals surface area contributed by atoms with Gasteiger partial charge in [0.1, 0.15) is 0 Å². The van der Waals surface area contributed by atoms with E-state index in [1.54, 1.807) is 42.5 Å². The highest BCUT2D eigenvalue weighted by atomic mass is 32.2. The van der Waals surface area contributed by atoms with Crippen molar-refractivity contribution < 1.29 is 32.0 Å². The van der Waals surface area contributed by atoms with Gasteiger partial charge in [-0.15, -0.1) is 0 Å². The Balaban J connectivity index is 1.57. The molecule has 0 bridgehead atoms. The zero-order chi connectivity index (χ0) is 23.1. The lowest BCUT2D eigenvalue weighted by Crippen LogP contribution is -2.21. The van der Waals surface area contributed by atoms with Crippen LogP contribution in [0.1, 0.15) is 23.0 Å². The van der Waals surface area contributed by atoms with Gasteiger partial charge in [0.25, 0.3) is 5.91 Å². The Morgan fingerprint density at radius 1 is 0.906 bits per heavy atom. The number of amides is 2. The van der Waals surface area contributed by atoms with Crippen molar-refractivity contribution in [1.29, 1.82) is 0 Å². The number of esters is 1. The Bertz CT molecular complexity index is 1220. The van der Waals surface area contributed by atoms with Gasteiger partial charge in [-0.3, -0.25) is 9.59 Å². The summed E-state index contributed by atoms with van der Waals surface area (Å²) in [5, 5.41) is 5.14. The number of nitrogens with one attached hydrogen (secondary N) is 2. The minimum absolute atomic E-state index is 0.115. The highest BCUT2D eigenvalue weighted by Gasteiger charge is 2.24. The van der Waals surface area contributed by atoms with Crippen molar-refractivity contribution in [2.45, 2.75) is 17.6 Å². The van der Waals surface area contributed by atoms with Gasteiger partial charge in [0.15, 0.2) is 16.4 Å². The number of ether oxygens (including phenoxy) is 1. The lowest BCUT2D eigenvalue weighted by molar-refractivity contribution is -0.119. The van der Waals surface area contributed by atoms with Crippen molar-refractivity contribution in [2.75, 3.05) is 17.2 Å². The summed E-state index contributed by atoms with van der Waals surface area (Å²) in [6.45, 7) is 0.781. The smallest absolute Gasteiger partial charge is 0.375 e. The molecule has 0 atom stereocenters. The highest BCUT2D eigenvalue weighted by molar-refractivity contribution is 7.90. The van der Waals surface area contributed by atoms with Gasteiger partial charge in [0.05, 0.1) is 16.9 Å². The second-order valence-corrected chi connectivity index (χ2v) is 8.72. The first-order chi connectivity index (χ1) is 15.2. The van der Waals surface area contributed by atoms with Crippen LogP contribution in [0.25, 0.3) is 0 Å². The molecule has 1 heterocycles. The fourth-order valence-electron chi connectivity index (χ4n) is 2.78. The normalized spacial score (nSPS) is 10.9. The summed E-state index contributed by atoms with van der Waals surface area (Å²) in [6, 6.07) is 15.5. The Labute approximate surface area is 184 Å². The van der Waals surface area contributed by atoms with Gasteiger partial charge < -0.3 is 19.8 Å². The van der Waals surface area contributed by atoms with Crippen LogP contribution in [0.15, 0.2) is 76.2 Å². The van der Waals surface area contributed by atoms with Gasteiger partial charge in [0, 0.05) is 23.9 Å². The molecule has 1 aromatic heterocycles. The molecule has 0 saturated heterocycles. The van der Waals surface area contributed by atoms with E-state index in [1.165, 1.54) is 31.4 Å². The average Bonchev–Trinajstić information content (AvgIpc) is 3.21.